The van der Waals surface area contributed by atoms with Gasteiger partial charge in [-0.15, -0.1) is 0 Å². The molecule has 0 aliphatic rings. The van der Waals surface area contributed by atoms with E-state index in [9.17, 15) is 4.79 Å². The number of H-pyrrole nitrogens is 1. The minimum Gasteiger partial charge on any atom is -0.384 e. The second-order valence-electron chi connectivity index (χ2n) is 2.92. The highest BCUT2D eigenvalue weighted by Gasteiger charge is 2.09. The summed E-state index contributed by atoms with van der Waals surface area (Å²) in [5, 5.41) is 6.39. The number of hydrogen-bond donors (Lipinski definition) is 1. The Morgan fingerprint density at radius 3 is 3.07 bits per heavy atom. The minimum absolute atomic E-state index is 0.0308. The number of rotatable bonds is 5. The lowest BCUT2D eigenvalue weighted by Gasteiger charge is -2.14. The molecule has 0 spiro atoms. The molecule has 0 bridgehead atoms. The van der Waals surface area contributed by atoms with Crippen LogP contribution in [0.4, 0.5) is 0 Å². The second kappa shape index (κ2) is 5.33. The van der Waals surface area contributed by atoms with E-state index in [2.05, 4.69) is 15.2 Å². The monoisotopic (exact) mass is 198 g/mol. The fourth-order valence-corrected chi connectivity index (χ4v) is 1.00. The Morgan fingerprint density at radius 1 is 1.71 bits per heavy atom. The van der Waals surface area contributed by atoms with E-state index in [0.717, 1.165) is 0 Å². The van der Waals surface area contributed by atoms with E-state index >= 15 is 0 Å². The fraction of sp³-hybridized carbons (Fsp3) is 0.625. The molecule has 0 aliphatic heterocycles. The van der Waals surface area contributed by atoms with Crippen LogP contribution in [0.25, 0.3) is 0 Å². The standard InChI is InChI=1S/C8H14N4O2/c1-12(8(13)3-4-14-2)5-7-9-6-10-11-7/h6H,3-5H2,1-2H3,(H,9,10,11). The summed E-state index contributed by atoms with van der Waals surface area (Å²) < 4.78 is 4.81. The van der Waals surface area contributed by atoms with Gasteiger partial charge in [-0.05, 0) is 0 Å². The van der Waals surface area contributed by atoms with Crippen LogP contribution in [0.1, 0.15) is 12.2 Å². The highest BCUT2D eigenvalue weighted by molar-refractivity contribution is 5.75. The van der Waals surface area contributed by atoms with Crippen molar-refractivity contribution >= 4 is 5.91 Å². The second-order valence-corrected chi connectivity index (χ2v) is 2.92. The predicted octanol–water partition coefficient (Wildman–Crippen LogP) is -0.200. The molecular weight excluding hydrogens is 184 g/mol. The van der Waals surface area contributed by atoms with Crippen molar-refractivity contribution in [3.63, 3.8) is 0 Å². The third kappa shape index (κ3) is 3.14. The number of amides is 1. The number of ether oxygens (including phenoxy) is 1. The Morgan fingerprint density at radius 2 is 2.50 bits per heavy atom. The van der Waals surface area contributed by atoms with Gasteiger partial charge in [0.25, 0.3) is 0 Å². The molecule has 0 aliphatic carbocycles. The molecule has 14 heavy (non-hydrogen) atoms. The maximum Gasteiger partial charge on any atom is 0.225 e. The quantitative estimate of drug-likeness (QED) is 0.711. The number of hydrogen-bond acceptors (Lipinski definition) is 4. The first-order valence-corrected chi connectivity index (χ1v) is 4.31. The van der Waals surface area contributed by atoms with E-state index in [-0.39, 0.29) is 5.91 Å². The van der Waals surface area contributed by atoms with Crippen LogP contribution in [0.2, 0.25) is 0 Å². The Hall–Kier alpha value is -1.43. The summed E-state index contributed by atoms with van der Waals surface area (Å²) in [4.78, 5) is 16.9. The van der Waals surface area contributed by atoms with Crippen molar-refractivity contribution in [3.05, 3.63) is 12.2 Å². The van der Waals surface area contributed by atoms with E-state index in [1.54, 1.807) is 19.1 Å². The van der Waals surface area contributed by atoms with Gasteiger partial charge >= 0.3 is 0 Å². The Kier molecular flexibility index (Phi) is 4.06. The van der Waals surface area contributed by atoms with Crippen LogP contribution in [-0.4, -0.2) is 46.8 Å². The number of carbonyl (C=O) groups excluding carboxylic acids is 1. The smallest absolute Gasteiger partial charge is 0.225 e. The Labute approximate surface area is 82.3 Å². The van der Waals surface area contributed by atoms with Crippen LogP contribution >= 0.6 is 0 Å². The molecule has 0 saturated heterocycles. The summed E-state index contributed by atoms with van der Waals surface area (Å²) in [5.41, 5.74) is 0. The summed E-state index contributed by atoms with van der Waals surface area (Å²) in [7, 11) is 3.30. The summed E-state index contributed by atoms with van der Waals surface area (Å²) in [6.45, 7) is 0.891. The van der Waals surface area contributed by atoms with Crippen molar-refractivity contribution in [2.45, 2.75) is 13.0 Å². The molecule has 0 radical (unpaired) electrons. The molecule has 1 heterocycles. The lowest BCUT2D eigenvalue weighted by Crippen LogP contribution is -2.27. The van der Waals surface area contributed by atoms with Gasteiger partial charge in [0.15, 0.2) is 0 Å². The maximum absolute atomic E-state index is 11.4. The lowest BCUT2D eigenvalue weighted by atomic mass is 10.4. The van der Waals surface area contributed by atoms with Gasteiger partial charge in [0.05, 0.1) is 19.6 Å². The van der Waals surface area contributed by atoms with Crippen LogP contribution in [-0.2, 0) is 16.1 Å². The van der Waals surface area contributed by atoms with Crippen molar-refractivity contribution < 1.29 is 9.53 Å². The molecule has 6 nitrogen and oxygen atoms in total. The largest absolute Gasteiger partial charge is 0.384 e. The zero-order valence-electron chi connectivity index (χ0n) is 8.36. The predicted molar refractivity (Wildman–Crippen MR) is 49.3 cm³/mol. The first-order valence-electron chi connectivity index (χ1n) is 4.31. The van der Waals surface area contributed by atoms with Crippen molar-refractivity contribution in [1.82, 2.24) is 20.1 Å². The third-order valence-electron chi connectivity index (χ3n) is 1.80. The molecule has 0 unspecified atom stereocenters. The molecule has 78 valence electrons. The van der Waals surface area contributed by atoms with Gasteiger partial charge in [-0.25, -0.2) is 4.98 Å². The van der Waals surface area contributed by atoms with Crippen LogP contribution in [0, 0.1) is 0 Å². The molecule has 0 saturated carbocycles. The van der Waals surface area contributed by atoms with Crippen molar-refractivity contribution in [1.29, 1.82) is 0 Å². The highest BCUT2D eigenvalue weighted by atomic mass is 16.5. The SMILES string of the molecule is COCCC(=O)N(C)Cc1ncn[nH]1. The van der Waals surface area contributed by atoms with Crippen LogP contribution < -0.4 is 0 Å². The molecule has 6 heteroatoms. The molecule has 1 aromatic rings. The van der Waals surface area contributed by atoms with Crippen LogP contribution in [0.3, 0.4) is 0 Å². The molecule has 0 fully saturated rings. The van der Waals surface area contributed by atoms with E-state index in [0.29, 0.717) is 25.4 Å². The number of aromatic nitrogens is 3. The van der Waals surface area contributed by atoms with Crippen molar-refractivity contribution in [2.75, 3.05) is 20.8 Å². The van der Waals surface area contributed by atoms with E-state index in [4.69, 9.17) is 4.74 Å². The van der Waals surface area contributed by atoms with E-state index in [1.807, 2.05) is 0 Å². The molecule has 1 aromatic heterocycles. The highest BCUT2D eigenvalue weighted by Crippen LogP contribution is 1.97. The topological polar surface area (TPSA) is 71.1 Å². The molecule has 0 atom stereocenters. The van der Waals surface area contributed by atoms with Crippen molar-refractivity contribution in [3.8, 4) is 0 Å². The Bertz CT molecular complexity index is 273. The number of aromatic amines is 1. The average molecular weight is 198 g/mol. The normalized spacial score (nSPS) is 10.1. The fourth-order valence-electron chi connectivity index (χ4n) is 1.00. The number of methoxy groups -OCH3 is 1. The van der Waals surface area contributed by atoms with Crippen molar-refractivity contribution in [2.24, 2.45) is 0 Å². The van der Waals surface area contributed by atoms with Crippen LogP contribution in [0.15, 0.2) is 6.33 Å². The third-order valence-corrected chi connectivity index (χ3v) is 1.80. The molecule has 1 amide bonds. The van der Waals surface area contributed by atoms with Gasteiger partial charge in [-0.2, -0.15) is 5.10 Å². The zero-order valence-corrected chi connectivity index (χ0v) is 8.36. The minimum atomic E-state index is 0.0308. The molecular formula is C8H14N4O2. The van der Waals surface area contributed by atoms with E-state index in [1.165, 1.54) is 6.33 Å². The Balaban J connectivity index is 2.34. The first kappa shape index (κ1) is 10.6. The van der Waals surface area contributed by atoms with Crippen LogP contribution in [0.5, 0.6) is 0 Å². The lowest BCUT2D eigenvalue weighted by molar-refractivity contribution is -0.131. The van der Waals surface area contributed by atoms with Gasteiger partial charge in [0, 0.05) is 14.2 Å². The maximum atomic E-state index is 11.4. The molecule has 1 N–H and O–H groups in total. The van der Waals surface area contributed by atoms with Gasteiger partial charge in [0.1, 0.15) is 12.2 Å². The average Bonchev–Trinajstić information content (AvgIpc) is 2.66. The van der Waals surface area contributed by atoms with Gasteiger partial charge in [-0.1, -0.05) is 0 Å². The molecule has 0 aromatic carbocycles. The number of nitrogens with one attached hydrogen (secondary N) is 1. The van der Waals surface area contributed by atoms with Gasteiger partial charge < -0.3 is 9.64 Å². The van der Waals surface area contributed by atoms with E-state index < -0.39 is 0 Å². The van der Waals surface area contributed by atoms with Gasteiger partial charge in [-0.3, -0.25) is 9.89 Å². The number of nitrogens with zero attached hydrogens (tertiary/aromatic N) is 3. The summed E-state index contributed by atoms with van der Waals surface area (Å²) >= 11 is 0. The number of carbonyl (C=O) groups is 1. The summed E-state index contributed by atoms with van der Waals surface area (Å²) in [5.74, 6) is 0.710. The first-order chi connectivity index (χ1) is 6.74. The summed E-state index contributed by atoms with van der Waals surface area (Å²) in [6.07, 6.45) is 1.81. The zero-order chi connectivity index (χ0) is 10.4. The van der Waals surface area contributed by atoms with Gasteiger partial charge in [0.2, 0.25) is 5.91 Å². The molecule has 1 rings (SSSR count). The summed E-state index contributed by atoms with van der Waals surface area (Å²) in [6, 6.07) is 0.